The average Bonchev–Trinajstić information content (AvgIpc) is 2.27. The van der Waals surface area contributed by atoms with Gasteiger partial charge in [0.1, 0.15) is 0 Å². The van der Waals surface area contributed by atoms with E-state index in [-0.39, 0.29) is 5.56 Å². The zero-order valence-electron chi connectivity index (χ0n) is 7.70. The molecule has 0 N–H and O–H groups in total. The lowest BCUT2D eigenvalue weighted by Crippen LogP contribution is -1.95. The molecule has 2 aromatic carbocycles. The smallest absolute Gasteiger partial charge is 0.254 e. The molecule has 0 spiro atoms. The molecule has 0 heterocycles. The van der Waals surface area contributed by atoms with Crippen LogP contribution in [0, 0.1) is 11.3 Å². The summed E-state index contributed by atoms with van der Waals surface area (Å²) in [6, 6.07) is 12.7. The SMILES string of the molecule is N#Cc1ccc2ccccc2c1C(=O)Cl. The third kappa shape index (κ3) is 1.58. The molecule has 0 aliphatic heterocycles. The Morgan fingerprint density at radius 2 is 1.93 bits per heavy atom. The molecule has 0 aliphatic carbocycles. The zero-order valence-corrected chi connectivity index (χ0v) is 8.45. The molecule has 2 nitrogen and oxygen atoms in total. The van der Waals surface area contributed by atoms with Crippen LogP contribution in [0.25, 0.3) is 10.8 Å². The summed E-state index contributed by atoms with van der Waals surface area (Å²) in [6.07, 6.45) is 0. The molecule has 0 saturated heterocycles. The molecule has 0 amide bonds. The maximum Gasteiger partial charge on any atom is 0.254 e. The maximum atomic E-state index is 11.3. The quantitative estimate of drug-likeness (QED) is 0.686. The number of fused-ring (bicyclic) bond motifs is 1. The second-order valence-corrected chi connectivity index (χ2v) is 3.44. The van der Waals surface area contributed by atoms with Gasteiger partial charge in [-0.2, -0.15) is 5.26 Å². The Morgan fingerprint density at radius 3 is 2.60 bits per heavy atom. The third-order valence-corrected chi connectivity index (χ3v) is 2.44. The van der Waals surface area contributed by atoms with E-state index >= 15 is 0 Å². The summed E-state index contributed by atoms with van der Waals surface area (Å²) in [7, 11) is 0. The van der Waals surface area contributed by atoms with Crippen LogP contribution in [0.1, 0.15) is 15.9 Å². The Kier molecular flexibility index (Phi) is 2.40. The minimum absolute atomic E-state index is 0.289. The van der Waals surface area contributed by atoms with Gasteiger partial charge < -0.3 is 0 Å². The van der Waals surface area contributed by atoms with Crippen molar-refractivity contribution in [2.45, 2.75) is 0 Å². The van der Waals surface area contributed by atoms with Crippen LogP contribution in [0.3, 0.4) is 0 Å². The van der Waals surface area contributed by atoms with E-state index in [4.69, 9.17) is 16.9 Å². The van der Waals surface area contributed by atoms with Crippen molar-refractivity contribution >= 4 is 27.6 Å². The van der Waals surface area contributed by atoms with Crippen molar-refractivity contribution in [3.8, 4) is 6.07 Å². The molecule has 0 radical (unpaired) electrons. The van der Waals surface area contributed by atoms with E-state index in [0.29, 0.717) is 5.56 Å². The van der Waals surface area contributed by atoms with E-state index in [9.17, 15) is 4.79 Å². The molecule has 0 atom stereocenters. The standard InChI is InChI=1S/C12H6ClNO/c13-12(15)11-9(7-14)6-5-8-3-1-2-4-10(8)11/h1-6H. The van der Waals surface area contributed by atoms with Crippen molar-refractivity contribution in [2.24, 2.45) is 0 Å². The highest BCUT2D eigenvalue weighted by molar-refractivity contribution is 6.69. The Morgan fingerprint density at radius 1 is 1.20 bits per heavy atom. The van der Waals surface area contributed by atoms with Gasteiger partial charge in [-0.15, -0.1) is 0 Å². The van der Waals surface area contributed by atoms with Crippen molar-refractivity contribution in [3.63, 3.8) is 0 Å². The minimum Gasteiger partial charge on any atom is -0.276 e. The summed E-state index contributed by atoms with van der Waals surface area (Å²) in [5, 5.41) is 9.89. The van der Waals surface area contributed by atoms with Gasteiger partial charge in [0.05, 0.1) is 17.2 Å². The van der Waals surface area contributed by atoms with Crippen molar-refractivity contribution in [1.29, 1.82) is 5.26 Å². The summed E-state index contributed by atoms with van der Waals surface area (Å²) >= 11 is 5.48. The molecule has 72 valence electrons. The minimum atomic E-state index is -0.594. The van der Waals surface area contributed by atoms with Crippen LogP contribution in [0.2, 0.25) is 0 Å². The van der Waals surface area contributed by atoms with Gasteiger partial charge in [0.25, 0.3) is 5.24 Å². The zero-order chi connectivity index (χ0) is 10.8. The summed E-state index contributed by atoms with van der Waals surface area (Å²) in [5.41, 5.74) is 0.603. The van der Waals surface area contributed by atoms with E-state index in [1.165, 1.54) is 0 Å². The Balaban J connectivity index is 2.92. The number of carbonyl (C=O) groups excluding carboxylic acids is 1. The van der Waals surface area contributed by atoms with E-state index < -0.39 is 5.24 Å². The first-order valence-corrected chi connectivity index (χ1v) is 4.73. The monoisotopic (exact) mass is 215 g/mol. The van der Waals surface area contributed by atoms with Crippen LogP contribution in [0.15, 0.2) is 36.4 Å². The second kappa shape index (κ2) is 3.72. The van der Waals surface area contributed by atoms with Gasteiger partial charge in [0.15, 0.2) is 0 Å². The number of nitrogens with zero attached hydrogens (tertiary/aromatic N) is 1. The third-order valence-electron chi connectivity index (χ3n) is 2.25. The fourth-order valence-corrected chi connectivity index (χ4v) is 1.78. The molecular weight excluding hydrogens is 210 g/mol. The number of nitriles is 1. The first kappa shape index (κ1) is 9.70. The van der Waals surface area contributed by atoms with Gasteiger partial charge in [-0.1, -0.05) is 30.3 Å². The Hall–Kier alpha value is -1.85. The van der Waals surface area contributed by atoms with Gasteiger partial charge in [-0.25, -0.2) is 0 Å². The molecule has 0 aliphatic rings. The molecule has 15 heavy (non-hydrogen) atoms. The van der Waals surface area contributed by atoms with Crippen molar-refractivity contribution in [2.75, 3.05) is 0 Å². The molecule has 0 aromatic heterocycles. The van der Waals surface area contributed by atoms with E-state index in [1.807, 2.05) is 24.3 Å². The molecule has 0 unspecified atom stereocenters. The molecule has 2 aromatic rings. The number of rotatable bonds is 1. The Labute approximate surface area is 91.7 Å². The molecule has 0 saturated carbocycles. The van der Waals surface area contributed by atoms with Crippen LogP contribution in [0.4, 0.5) is 0 Å². The molecule has 0 bridgehead atoms. The summed E-state index contributed by atoms with van der Waals surface area (Å²) in [5.74, 6) is 0. The highest BCUT2D eigenvalue weighted by Crippen LogP contribution is 2.23. The largest absolute Gasteiger partial charge is 0.276 e. The summed E-state index contributed by atoms with van der Waals surface area (Å²) < 4.78 is 0. The normalized spacial score (nSPS) is 9.87. The van der Waals surface area contributed by atoms with Crippen LogP contribution in [0.5, 0.6) is 0 Å². The summed E-state index contributed by atoms with van der Waals surface area (Å²) in [4.78, 5) is 11.3. The van der Waals surface area contributed by atoms with Crippen molar-refractivity contribution < 1.29 is 4.79 Å². The van der Waals surface area contributed by atoms with Gasteiger partial charge >= 0.3 is 0 Å². The van der Waals surface area contributed by atoms with Crippen molar-refractivity contribution in [3.05, 3.63) is 47.5 Å². The van der Waals surface area contributed by atoms with Crippen LogP contribution in [-0.4, -0.2) is 5.24 Å². The molecule has 2 rings (SSSR count). The number of carbonyl (C=O) groups is 1. The van der Waals surface area contributed by atoms with Crippen molar-refractivity contribution in [1.82, 2.24) is 0 Å². The lowest BCUT2D eigenvalue weighted by Gasteiger charge is -2.03. The van der Waals surface area contributed by atoms with E-state index in [2.05, 4.69) is 0 Å². The number of hydrogen-bond donors (Lipinski definition) is 0. The van der Waals surface area contributed by atoms with Gasteiger partial charge in [-0.3, -0.25) is 4.79 Å². The second-order valence-electron chi connectivity index (χ2n) is 3.09. The Bertz CT molecular complexity index is 584. The van der Waals surface area contributed by atoms with Crippen LogP contribution < -0.4 is 0 Å². The van der Waals surface area contributed by atoms with Gasteiger partial charge in [0, 0.05) is 0 Å². The topological polar surface area (TPSA) is 40.9 Å². The van der Waals surface area contributed by atoms with Crippen LogP contribution >= 0.6 is 11.6 Å². The first-order chi connectivity index (χ1) is 7.24. The molecule has 3 heteroatoms. The first-order valence-electron chi connectivity index (χ1n) is 4.35. The van der Waals surface area contributed by atoms with E-state index in [1.54, 1.807) is 18.2 Å². The fraction of sp³-hybridized carbons (Fsp3) is 0. The maximum absolute atomic E-state index is 11.3. The number of benzene rings is 2. The molecule has 0 fully saturated rings. The number of halogens is 1. The summed E-state index contributed by atoms with van der Waals surface area (Å²) in [6.45, 7) is 0. The lowest BCUT2D eigenvalue weighted by atomic mass is 10.0. The number of hydrogen-bond acceptors (Lipinski definition) is 2. The molecular formula is C12H6ClNO. The van der Waals surface area contributed by atoms with Crippen LogP contribution in [-0.2, 0) is 0 Å². The van der Waals surface area contributed by atoms with E-state index in [0.717, 1.165) is 10.8 Å². The predicted octanol–water partition coefficient (Wildman–Crippen LogP) is 3.09. The fourth-order valence-electron chi connectivity index (χ4n) is 1.58. The van der Waals surface area contributed by atoms with Gasteiger partial charge in [-0.05, 0) is 28.4 Å². The average molecular weight is 216 g/mol. The highest BCUT2D eigenvalue weighted by atomic mass is 35.5. The highest BCUT2D eigenvalue weighted by Gasteiger charge is 2.12. The lowest BCUT2D eigenvalue weighted by molar-refractivity contribution is 0.108. The predicted molar refractivity (Wildman–Crippen MR) is 58.8 cm³/mol. The van der Waals surface area contributed by atoms with Gasteiger partial charge in [0.2, 0.25) is 0 Å².